The van der Waals surface area contributed by atoms with Crippen molar-refractivity contribution in [2.24, 2.45) is 5.92 Å². The highest BCUT2D eigenvalue weighted by Gasteiger charge is 2.48. The van der Waals surface area contributed by atoms with Crippen LogP contribution in [0.4, 0.5) is 0 Å². The van der Waals surface area contributed by atoms with E-state index in [1.165, 1.54) is 4.90 Å². The lowest BCUT2D eigenvalue weighted by Crippen LogP contribution is -2.56. The number of rotatable bonds is 3. The summed E-state index contributed by atoms with van der Waals surface area (Å²) in [6.07, 6.45) is 1.81. The Bertz CT molecular complexity index is 435. The molecular formula is C14H22N2O4. The van der Waals surface area contributed by atoms with E-state index in [1.807, 2.05) is 6.92 Å². The summed E-state index contributed by atoms with van der Waals surface area (Å²) < 4.78 is 0. The number of carboxylic acids is 1. The third-order valence-corrected chi connectivity index (χ3v) is 4.30. The van der Waals surface area contributed by atoms with E-state index in [0.717, 1.165) is 12.8 Å². The summed E-state index contributed by atoms with van der Waals surface area (Å²) in [6, 6.07) is -1.45. The SMILES string of the molecule is CC1CCCN(C2CC(=O)N(C(C)C)C2=O)C1C(=O)O. The Morgan fingerprint density at radius 2 is 2.00 bits per heavy atom. The standard InChI is InChI=1S/C14H22N2O4/c1-8(2)16-11(17)7-10(13(16)18)15-6-4-5-9(3)12(15)14(19)20/h8-10,12H,4-7H2,1-3H3,(H,19,20). The number of hydrogen-bond acceptors (Lipinski definition) is 4. The van der Waals surface area contributed by atoms with Gasteiger partial charge in [-0.2, -0.15) is 0 Å². The lowest BCUT2D eigenvalue weighted by atomic mass is 9.89. The average molecular weight is 282 g/mol. The predicted octanol–water partition coefficient (Wildman–Crippen LogP) is 0.707. The maximum Gasteiger partial charge on any atom is 0.321 e. The van der Waals surface area contributed by atoms with Gasteiger partial charge in [-0.3, -0.25) is 24.2 Å². The Morgan fingerprint density at radius 1 is 1.35 bits per heavy atom. The molecule has 2 aliphatic heterocycles. The van der Waals surface area contributed by atoms with Crippen molar-refractivity contribution in [2.75, 3.05) is 6.54 Å². The zero-order valence-corrected chi connectivity index (χ0v) is 12.2. The van der Waals surface area contributed by atoms with E-state index in [-0.39, 0.29) is 30.2 Å². The maximum absolute atomic E-state index is 12.4. The molecule has 6 nitrogen and oxygen atoms in total. The molecule has 0 aliphatic carbocycles. The van der Waals surface area contributed by atoms with E-state index < -0.39 is 18.1 Å². The highest BCUT2D eigenvalue weighted by atomic mass is 16.4. The first-order valence-corrected chi connectivity index (χ1v) is 7.19. The normalized spacial score (nSPS) is 32.2. The van der Waals surface area contributed by atoms with Crippen LogP contribution >= 0.6 is 0 Å². The van der Waals surface area contributed by atoms with E-state index in [1.54, 1.807) is 18.7 Å². The van der Waals surface area contributed by atoms with E-state index in [9.17, 15) is 19.5 Å². The maximum atomic E-state index is 12.4. The third kappa shape index (κ3) is 2.44. The molecule has 6 heteroatoms. The molecule has 2 aliphatic rings. The van der Waals surface area contributed by atoms with Crippen molar-refractivity contribution in [3.05, 3.63) is 0 Å². The molecule has 2 amide bonds. The summed E-state index contributed by atoms with van der Waals surface area (Å²) in [5.41, 5.74) is 0. The Labute approximate surface area is 118 Å². The molecule has 112 valence electrons. The van der Waals surface area contributed by atoms with Gasteiger partial charge in [-0.15, -0.1) is 0 Å². The van der Waals surface area contributed by atoms with E-state index >= 15 is 0 Å². The molecule has 2 saturated heterocycles. The Kier molecular flexibility index (Phi) is 4.13. The van der Waals surface area contributed by atoms with Crippen LogP contribution in [0.5, 0.6) is 0 Å². The number of carboxylic acid groups (broad SMARTS) is 1. The predicted molar refractivity (Wildman–Crippen MR) is 71.9 cm³/mol. The number of hydrogen-bond donors (Lipinski definition) is 1. The Morgan fingerprint density at radius 3 is 2.50 bits per heavy atom. The molecule has 0 aromatic carbocycles. The fourth-order valence-electron chi connectivity index (χ4n) is 3.39. The van der Waals surface area contributed by atoms with Crippen molar-refractivity contribution in [2.45, 2.75) is 58.2 Å². The number of amides is 2. The average Bonchev–Trinajstić information content (AvgIpc) is 2.63. The van der Waals surface area contributed by atoms with Gasteiger partial charge in [-0.1, -0.05) is 6.92 Å². The van der Waals surface area contributed by atoms with Crippen LogP contribution in [0.1, 0.15) is 40.0 Å². The Hall–Kier alpha value is -1.43. The molecule has 1 N–H and O–H groups in total. The fraction of sp³-hybridized carbons (Fsp3) is 0.786. The fourth-order valence-corrected chi connectivity index (χ4v) is 3.39. The summed E-state index contributed by atoms with van der Waals surface area (Å²) in [5, 5.41) is 9.42. The van der Waals surface area contributed by atoms with Crippen LogP contribution in [0, 0.1) is 5.92 Å². The second-order valence-corrected chi connectivity index (χ2v) is 6.06. The lowest BCUT2D eigenvalue weighted by Gasteiger charge is -2.39. The van der Waals surface area contributed by atoms with Crippen molar-refractivity contribution in [3.8, 4) is 0 Å². The first kappa shape index (κ1) is 15.0. The zero-order valence-electron chi connectivity index (χ0n) is 12.2. The van der Waals surface area contributed by atoms with Gasteiger partial charge in [0.25, 0.3) is 0 Å². The number of aliphatic carboxylic acids is 1. The minimum atomic E-state index is -0.902. The third-order valence-electron chi connectivity index (χ3n) is 4.30. The molecule has 20 heavy (non-hydrogen) atoms. The van der Waals surface area contributed by atoms with E-state index in [0.29, 0.717) is 6.54 Å². The summed E-state index contributed by atoms with van der Waals surface area (Å²) in [7, 11) is 0. The van der Waals surface area contributed by atoms with E-state index in [4.69, 9.17) is 0 Å². The van der Waals surface area contributed by atoms with Gasteiger partial charge in [0.15, 0.2) is 0 Å². The second-order valence-electron chi connectivity index (χ2n) is 6.06. The topological polar surface area (TPSA) is 77.9 Å². The van der Waals surface area contributed by atoms with Gasteiger partial charge in [0.05, 0.1) is 12.5 Å². The quantitative estimate of drug-likeness (QED) is 0.771. The molecule has 2 rings (SSSR count). The monoisotopic (exact) mass is 282 g/mol. The molecule has 2 fully saturated rings. The molecule has 0 aromatic heterocycles. The molecule has 0 radical (unpaired) electrons. The van der Waals surface area contributed by atoms with Crippen molar-refractivity contribution >= 4 is 17.8 Å². The van der Waals surface area contributed by atoms with Crippen molar-refractivity contribution < 1.29 is 19.5 Å². The van der Waals surface area contributed by atoms with Crippen LogP contribution in [0.15, 0.2) is 0 Å². The number of carbonyl (C=O) groups excluding carboxylic acids is 2. The highest BCUT2D eigenvalue weighted by molar-refractivity contribution is 6.06. The van der Waals surface area contributed by atoms with Crippen molar-refractivity contribution in [1.29, 1.82) is 0 Å². The van der Waals surface area contributed by atoms with Gasteiger partial charge < -0.3 is 5.11 Å². The second kappa shape index (κ2) is 5.52. The van der Waals surface area contributed by atoms with Gasteiger partial charge in [0, 0.05) is 6.04 Å². The van der Waals surface area contributed by atoms with Crippen LogP contribution in [-0.2, 0) is 14.4 Å². The number of carbonyl (C=O) groups is 3. The molecule has 0 bridgehead atoms. The molecule has 3 atom stereocenters. The van der Waals surface area contributed by atoms with Crippen LogP contribution in [0.25, 0.3) is 0 Å². The van der Waals surface area contributed by atoms with Gasteiger partial charge in [-0.05, 0) is 39.2 Å². The van der Waals surface area contributed by atoms with Crippen molar-refractivity contribution in [1.82, 2.24) is 9.80 Å². The van der Waals surface area contributed by atoms with Crippen LogP contribution in [0.3, 0.4) is 0 Å². The zero-order chi connectivity index (χ0) is 15.0. The molecule has 0 aromatic rings. The van der Waals surface area contributed by atoms with Gasteiger partial charge in [0.1, 0.15) is 6.04 Å². The van der Waals surface area contributed by atoms with E-state index in [2.05, 4.69) is 0 Å². The number of likely N-dealkylation sites (tertiary alicyclic amines) is 2. The number of piperidine rings is 1. The van der Waals surface area contributed by atoms with Gasteiger partial charge in [-0.25, -0.2) is 0 Å². The van der Waals surface area contributed by atoms with Crippen LogP contribution < -0.4 is 0 Å². The summed E-state index contributed by atoms with van der Waals surface area (Å²) in [4.78, 5) is 38.8. The first-order chi connectivity index (χ1) is 9.34. The smallest absolute Gasteiger partial charge is 0.321 e. The summed E-state index contributed by atoms with van der Waals surface area (Å²) in [5.74, 6) is -1.35. The summed E-state index contributed by atoms with van der Waals surface area (Å²) in [6.45, 7) is 6.06. The molecule has 2 heterocycles. The minimum absolute atomic E-state index is 0.00254. The summed E-state index contributed by atoms with van der Waals surface area (Å²) >= 11 is 0. The largest absolute Gasteiger partial charge is 0.480 e. The van der Waals surface area contributed by atoms with Gasteiger partial charge in [0.2, 0.25) is 11.8 Å². The lowest BCUT2D eigenvalue weighted by molar-refractivity contribution is -0.150. The van der Waals surface area contributed by atoms with Gasteiger partial charge >= 0.3 is 5.97 Å². The molecular weight excluding hydrogens is 260 g/mol. The minimum Gasteiger partial charge on any atom is -0.480 e. The van der Waals surface area contributed by atoms with Crippen LogP contribution in [-0.4, -0.2) is 57.4 Å². The number of nitrogens with zero attached hydrogens (tertiary/aromatic N) is 2. The molecule has 0 saturated carbocycles. The Balaban J connectivity index is 2.24. The number of imide groups is 1. The van der Waals surface area contributed by atoms with Crippen molar-refractivity contribution in [3.63, 3.8) is 0 Å². The van der Waals surface area contributed by atoms with Crippen LogP contribution in [0.2, 0.25) is 0 Å². The molecule has 0 spiro atoms. The highest BCUT2D eigenvalue weighted by Crippen LogP contribution is 2.30. The first-order valence-electron chi connectivity index (χ1n) is 7.19. The molecule has 3 unspecified atom stereocenters.